The van der Waals surface area contributed by atoms with Gasteiger partial charge in [0.05, 0.1) is 22.1 Å². The summed E-state index contributed by atoms with van der Waals surface area (Å²) in [5.74, 6) is 0.177. The Morgan fingerprint density at radius 3 is 2.89 bits per heavy atom. The van der Waals surface area contributed by atoms with Crippen molar-refractivity contribution >= 4 is 52.1 Å². The third-order valence-corrected chi connectivity index (χ3v) is 6.34. The average Bonchev–Trinajstić information content (AvgIpc) is 3.45. The van der Waals surface area contributed by atoms with E-state index < -0.39 is 6.09 Å². The Morgan fingerprint density at radius 1 is 1.39 bits per heavy atom. The lowest BCUT2D eigenvalue weighted by Crippen LogP contribution is -2.26. The van der Waals surface area contributed by atoms with Crippen LogP contribution in [0.25, 0.3) is 0 Å². The summed E-state index contributed by atoms with van der Waals surface area (Å²) in [6.45, 7) is 1.33. The molecule has 2 N–H and O–H groups in total. The van der Waals surface area contributed by atoms with Crippen molar-refractivity contribution in [2.45, 2.75) is 18.9 Å². The minimum Gasteiger partial charge on any atom is -0.465 e. The molecule has 0 bridgehead atoms. The molecule has 1 unspecified atom stereocenters. The van der Waals surface area contributed by atoms with Crippen LogP contribution in [0.4, 0.5) is 10.6 Å². The van der Waals surface area contributed by atoms with E-state index in [1.165, 1.54) is 32.3 Å². The van der Waals surface area contributed by atoms with Gasteiger partial charge in [-0.05, 0) is 18.6 Å². The number of nitrogens with zero attached hydrogens (tertiary/aromatic N) is 4. The van der Waals surface area contributed by atoms with Crippen LogP contribution in [0.3, 0.4) is 0 Å². The molecule has 0 aliphatic carbocycles. The number of hydrogen-bond donors (Lipinski definition) is 2. The summed E-state index contributed by atoms with van der Waals surface area (Å²) in [5, 5.41) is 18.6. The number of carboxylic acid groups (broad SMARTS) is 1. The summed E-state index contributed by atoms with van der Waals surface area (Å²) in [6.07, 6.45) is -0.262. The van der Waals surface area contributed by atoms with E-state index in [9.17, 15) is 14.7 Å². The molecule has 1 amide bonds. The largest absolute Gasteiger partial charge is 0.465 e. The van der Waals surface area contributed by atoms with E-state index in [0.717, 1.165) is 4.88 Å². The molecular formula is C17H16ClN5O3S2. The molecule has 0 aromatic carbocycles. The second-order valence-electron chi connectivity index (χ2n) is 6.32. The van der Waals surface area contributed by atoms with Gasteiger partial charge < -0.3 is 15.3 Å². The first kappa shape index (κ1) is 18.9. The third kappa shape index (κ3) is 3.89. The molecule has 1 fully saturated rings. The molecule has 11 heteroatoms. The van der Waals surface area contributed by atoms with Crippen LogP contribution < -0.4 is 5.32 Å². The number of nitrogens with one attached hydrogen (secondary N) is 1. The molecule has 28 heavy (non-hydrogen) atoms. The Labute approximate surface area is 173 Å². The number of hydrogen-bond acceptors (Lipinski definition) is 7. The minimum absolute atomic E-state index is 0.0442. The van der Waals surface area contributed by atoms with Gasteiger partial charge in [-0.1, -0.05) is 11.6 Å². The number of carbonyl (C=O) groups is 2. The van der Waals surface area contributed by atoms with Gasteiger partial charge in [0.1, 0.15) is 11.5 Å². The van der Waals surface area contributed by atoms with Crippen LogP contribution in [0.5, 0.6) is 0 Å². The minimum atomic E-state index is -0.937. The van der Waals surface area contributed by atoms with Crippen LogP contribution in [0.2, 0.25) is 4.34 Å². The molecular weight excluding hydrogens is 422 g/mol. The van der Waals surface area contributed by atoms with Crippen LogP contribution in [0.1, 0.15) is 33.4 Å². The molecule has 0 saturated carbocycles. The smallest absolute Gasteiger partial charge is 0.407 e. The summed E-state index contributed by atoms with van der Waals surface area (Å²) < 4.78 is 2.01. The van der Waals surface area contributed by atoms with Crippen molar-refractivity contribution in [3.63, 3.8) is 0 Å². The fraction of sp³-hybridized carbons (Fsp3) is 0.294. The molecule has 3 aromatic rings. The molecule has 0 spiro atoms. The second kappa shape index (κ2) is 7.90. The van der Waals surface area contributed by atoms with E-state index in [1.807, 2.05) is 18.2 Å². The second-order valence-corrected chi connectivity index (χ2v) is 8.84. The number of anilines is 1. The Bertz CT molecular complexity index is 1000. The lowest BCUT2D eigenvalue weighted by Gasteiger charge is -2.10. The van der Waals surface area contributed by atoms with Gasteiger partial charge in [0.2, 0.25) is 0 Å². The van der Waals surface area contributed by atoms with Crippen LogP contribution >= 0.6 is 34.3 Å². The zero-order valence-electron chi connectivity index (χ0n) is 14.5. The molecule has 4 heterocycles. The quantitative estimate of drug-likeness (QED) is 0.629. The first-order valence-corrected chi connectivity index (χ1v) is 10.6. The average molecular weight is 438 g/mol. The summed E-state index contributed by atoms with van der Waals surface area (Å²) in [6, 6.07) is 5.56. The Morgan fingerprint density at radius 2 is 2.25 bits per heavy atom. The van der Waals surface area contributed by atoms with Gasteiger partial charge in [-0.25, -0.2) is 9.78 Å². The normalized spacial score (nSPS) is 16.5. The van der Waals surface area contributed by atoms with Gasteiger partial charge in [-0.3, -0.25) is 4.79 Å². The SMILES string of the molecule is O=C(O)N1CCC(c2cc(NCc3ccc(Cl)s3)n(C(=O)c3cscn3)n2)C1. The van der Waals surface area contributed by atoms with Crippen molar-refractivity contribution in [1.82, 2.24) is 19.7 Å². The molecule has 1 aliphatic heterocycles. The maximum atomic E-state index is 12.8. The van der Waals surface area contributed by atoms with Crippen LogP contribution in [0, 0.1) is 0 Å². The van der Waals surface area contributed by atoms with E-state index in [2.05, 4.69) is 15.4 Å². The lowest BCUT2D eigenvalue weighted by atomic mass is 10.1. The van der Waals surface area contributed by atoms with Gasteiger partial charge in [-0.2, -0.15) is 9.78 Å². The molecule has 3 aromatic heterocycles. The first-order valence-electron chi connectivity index (χ1n) is 8.50. The summed E-state index contributed by atoms with van der Waals surface area (Å²) in [4.78, 5) is 30.5. The molecule has 1 saturated heterocycles. The molecule has 0 radical (unpaired) electrons. The molecule has 1 aliphatic rings. The number of thiophene rings is 1. The standard InChI is InChI=1S/C17H16ClN5O3S2/c18-14-2-1-11(28-14)6-19-15-5-12(10-3-4-22(7-10)17(25)26)21-23(15)16(24)13-8-27-9-20-13/h1-2,5,8-10,19H,3-4,6-7H2,(H,25,26). The third-order valence-electron chi connectivity index (χ3n) is 4.52. The number of likely N-dealkylation sites (tertiary alicyclic amines) is 1. The highest BCUT2D eigenvalue weighted by atomic mass is 35.5. The fourth-order valence-electron chi connectivity index (χ4n) is 3.11. The lowest BCUT2D eigenvalue weighted by molar-refractivity contribution is 0.0942. The van der Waals surface area contributed by atoms with Crippen molar-refractivity contribution < 1.29 is 14.7 Å². The van der Waals surface area contributed by atoms with Crippen LogP contribution in [-0.2, 0) is 6.54 Å². The van der Waals surface area contributed by atoms with E-state index in [1.54, 1.807) is 10.9 Å². The summed E-state index contributed by atoms with van der Waals surface area (Å²) in [7, 11) is 0. The predicted octanol–water partition coefficient (Wildman–Crippen LogP) is 3.82. The van der Waals surface area contributed by atoms with Crippen molar-refractivity contribution in [1.29, 1.82) is 0 Å². The summed E-state index contributed by atoms with van der Waals surface area (Å²) in [5.41, 5.74) is 2.61. The van der Waals surface area contributed by atoms with Crippen molar-refractivity contribution in [3.05, 3.63) is 49.7 Å². The van der Waals surface area contributed by atoms with Gasteiger partial charge in [0, 0.05) is 35.3 Å². The van der Waals surface area contributed by atoms with Gasteiger partial charge >= 0.3 is 6.09 Å². The Balaban J connectivity index is 1.60. The first-order chi connectivity index (χ1) is 13.5. The van der Waals surface area contributed by atoms with Gasteiger partial charge in [0.25, 0.3) is 5.91 Å². The number of halogens is 1. The monoisotopic (exact) mass is 437 g/mol. The maximum Gasteiger partial charge on any atom is 0.407 e. The van der Waals surface area contributed by atoms with E-state index in [0.29, 0.717) is 47.6 Å². The highest BCUT2D eigenvalue weighted by Crippen LogP contribution is 2.29. The molecule has 146 valence electrons. The van der Waals surface area contributed by atoms with Gasteiger partial charge in [-0.15, -0.1) is 22.7 Å². The van der Waals surface area contributed by atoms with Crippen molar-refractivity contribution in [2.24, 2.45) is 0 Å². The number of aromatic nitrogens is 3. The summed E-state index contributed by atoms with van der Waals surface area (Å²) >= 11 is 8.78. The highest BCUT2D eigenvalue weighted by molar-refractivity contribution is 7.16. The van der Waals surface area contributed by atoms with Gasteiger partial charge in [0.15, 0.2) is 0 Å². The number of rotatable bonds is 5. The zero-order valence-corrected chi connectivity index (χ0v) is 16.9. The van der Waals surface area contributed by atoms with Crippen molar-refractivity contribution in [2.75, 3.05) is 18.4 Å². The van der Waals surface area contributed by atoms with E-state index in [4.69, 9.17) is 11.6 Å². The number of thiazole rings is 1. The van der Waals surface area contributed by atoms with Crippen LogP contribution in [-0.4, -0.2) is 49.9 Å². The van der Waals surface area contributed by atoms with E-state index in [-0.39, 0.29) is 11.8 Å². The predicted molar refractivity (Wildman–Crippen MR) is 108 cm³/mol. The van der Waals surface area contributed by atoms with Crippen molar-refractivity contribution in [3.8, 4) is 0 Å². The molecule has 1 atom stereocenters. The topological polar surface area (TPSA) is 100 Å². The maximum absolute atomic E-state index is 12.8. The number of carbonyl (C=O) groups excluding carboxylic acids is 1. The van der Waals surface area contributed by atoms with Crippen LogP contribution in [0.15, 0.2) is 29.1 Å². The highest BCUT2D eigenvalue weighted by Gasteiger charge is 2.30. The zero-order chi connectivity index (χ0) is 19.7. The molecule has 4 rings (SSSR count). The molecule has 8 nitrogen and oxygen atoms in total. The van der Waals surface area contributed by atoms with E-state index >= 15 is 0 Å². The fourth-order valence-corrected chi connectivity index (χ4v) is 4.66. The Hall–Kier alpha value is -2.43. The number of amides is 1. The Kier molecular flexibility index (Phi) is 5.33.